The van der Waals surface area contributed by atoms with Gasteiger partial charge in [-0.2, -0.15) is 0 Å². The number of carbonyl (C=O) groups is 1. The molecule has 30 heavy (non-hydrogen) atoms. The molecule has 3 nitrogen and oxygen atoms in total. The predicted molar refractivity (Wildman–Crippen MR) is 120 cm³/mol. The van der Waals surface area contributed by atoms with Crippen LogP contribution in [0.25, 0.3) is 11.6 Å². The Kier molecular flexibility index (Phi) is 4.72. The fraction of sp³-hybridized carbons (Fsp3) is 0.444. The summed E-state index contributed by atoms with van der Waals surface area (Å²) in [4.78, 5) is 11.1. The molecule has 2 aromatic carbocycles. The van der Waals surface area contributed by atoms with Crippen LogP contribution in [0.5, 0.6) is 5.75 Å². The first-order valence-corrected chi connectivity index (χ1v) is 11.2. The summed E-state index contributed by atoms with van der Waals surface area (Å²) in [6, 6.07) is 13.7. The Morgan fingerprint density at radius 3 is 2.07 bits per heavy atom. The van der Waals surface area contributed by atoms with Gasteiger partial charge in [-0.1, -0.05) is 24.3 Å². The van der Waals surface area contributed by atoms with E-state index in [0.717, 1.165) is 29.1 Å². The molecule has 0 saturated heterocycles. The van der Waals surface area contributed by atoms with Crippen LogP contribution in [0, 0.1) is 17.8 Å². The minimum atomic E-state index is -0.891. The van der Waals surface area contributed by atoms with Gasteiger partial charge in [0.25, 0.3) is 0 Å². The largest absolute Gasteiger partial charge is 0.496 e. The van der Waals surface area contributed by atoms with E-state index < -0.39 is 5.97 Å². The summed E-state index contributed by atoms with van der Waals surface area (Å²) in [5.41, 5.74) is 5.45. The number of benzene rings is 2. The molecule has 4 fully saturated rings. The van der Waals surface area contributed by atoms with Crippen LogP contribution in [0.4, 0.5) is 0 Å². The van der Waals surface area contributed by atoms with Gasteiger partial charge in [-0.3, -0.25) is 0 Å². The number of rotatable bonds is 5. The highest BCUT2D eigenvalue weighted by atomic mass is 16.5. The monoisotopic (exact) mass is 402 g/mol. The second-order valence-corrected chi connectivity index (χ2v) is 9.87. The first kappa shape index (κ1) is 19.4. The Labute approximate surface area is 178 Å². The molecule has 156 valence electrons. The third kappa shape index (κ3) is 3.34. The molecular formula is C27H30O3. The van der Waals surface area contributed by atoms with Gasteiger partial charge < -0.3 is 9.84 Å². The molecule has 4 aliphatic carbocycles. The van der Waals surface area contributed by atoms with Crippen LogP contribution >= 0.6 is 0 Å². The number of aromatic carboxylic acids is 1. The normalized spacial score (nSPS) is 29.8. The van der Waals surface area contributed by atoms with E-state index in [1.54, 1.807) is 19.2 Å². The summed E-state index contributed by atoms with van der Waals surface area (Å²) < 4.78 is 5.85. The smallest absolute Gasteiger partial charge is 0.335 e. The average Bonchev–Trinajstić information content (AvgIpc) is 2.72. The minimum Gasteiger partial charge on any atom is -0.496 e. The molecule has 4 aliphatic rings. The number of ether oxygens (including phenoxy) is 1. The van der Waals surface area contributed by atoms with Crippen molar-refractivity contribution in [1.82, 2.24) is 0 Å². The first-order valence-electron chi connectivity index (χ1n) is 11.2. The molecule has 0 heterocycles. The van der Waals surface area contributed by atoms with E-state index in [9.17, 15) is 4.79 Å². The van der Waals surface area contributed by atoms with E-state index in [1.165, 1.54) is 55.2 Å². The molecule has 2 aromatic rings. The molecule has 0 unspecified atom stereocenters. The molecule has 0 atom stereocenters. The van der Waals surface area contributed by atoms with E-state index in [-0.39, 0.29) is 0 Å². The van der Waals surface area contributed by atoms with Crippen LogP contribution in [0.1, 0.15) is 72.5 Å². The molecule has 0 aromatic heterocycles. The highest BCUT2D eigenvalue weighted by molar-refractivity contribution is 5.88. The third-order valence-corrected chi connectivity index (χ3v) is 7.81. The zero-order chi connectivity index (χ0) is 20.9. The number of methoxy groups -OCH3 is 1. The number of hydrogen-bond acceptors (Lipinski definition) is 2. The van der Waals surface area contributed by atoms with Crippen molar-refractivity contribution in [1.29, 1.82) is 0 Å². The third-order valence-electron chi connectivity index (χ3n) is 7.81. The molecule has 3 heteroatoms. The van der Waals surface area contributed by atoms with Crippen LogP contribution in [-0.2, 0) is 5.41 Å². The van der Waals surface area contributed by atoms with Crippen molar-refractivity contribution < 1.29 is 14.6 Å². The Morgan fingerprint density at radius 2 is 1.53 bits per heavy atom. The lowest BCUT2D eigenvalue weighted by molar-refractivity contribution is -0.00616. The van der Waals surface area contributed by atoms with E-state index in [1.807, 2.05) is 12.1 Å². The van der Waals surface area contributed by atoms with Crippen molar-refractivity contribution in [2.75, 3.05) is 7.11 Å². The molecule has 0 amide bonds. The van der Waals surface area contributed by atoms with Crippen LogP contribution in [0.2, 0.25) is 0 Å². The number of hydrogen-bond donors (Lipinski definition) is 1. The van der Waals surface area contributed by atoms with E-state index in [2.05, 4.69) is 31.2 Å². The van der Waals surface area contributed by atoms with E-state index in [4.69, 9.17) is 9.84 Å². The van der Waals surface area contributed by atoms with Gasteiger partial charge in [-0.05, 0) is 110 Å². The van der Waals surface area contributed by atoms with Crippen LogP contribution in [0.3, 0.4) is 0 Å². The number of carboxylic acid groups (broad SMARTS) is 1. The molecule has 4 saturated carbocycles. The van der Waals surface area contributed by atoms with E-state index in [0.29, 0.717) is 11.0 Å². The minimum absolute atomic E-state index is 0.291. The molecule has 0 radical (unpaired) electrons. The molecule has 1 N–H and O–H groups in total. The van der Waals surface area contributed by atoms with Gasteiger partial charge in [0.15, 0.2) is 0 Å². The van der Waals surface area contributed by atoms with Crippen molar-refractivity contribution in [2.45, 2.75) is 50.9 Å². The second-order valence-electron chi connectivity index (χ2n) is 9.87. The van der Waals surface area contributed by atoms with Crippen LogP contribution in [0.15, 0.2) is 42.5 Å². The maximum Gasteiger partial charge on any atom is 0.335 e. The fourth-order valence-corrected chi connectivity index (χ4v) is 6.86. The average molecular weight is 403 g/mol. The maximum atomic E-state index is 11.1. The van der Waals surface area contributed by atoms with Crippen LogP contribution in [-0.4, -0.2) is 18.2 Å². The van der Waals surface area contributed by atoms with Gasteiger partial charge in [0.05, 0.1) is 12.7 Å². The van der Waals surface area contributed by atoms with Crippen LogP contribution < -0.4 is 4.74 Å². The van der Waals surface area contributed by atoms with E-state index >= 15 is 0 Å². The standard InChI is InChI=1S/C27H30O3/c1-17(9-18-3-5-22(6-4-18)26(28)29)23-7-8-25(30-2)24(13-23)27-14-19-10-20(15-27)12-21(11-19)16-27/h3-9,13,19-21H,10-12,14-16H2,1-2H3,(H,28,29)/b17-9+. The van der Waals surface area contributed by atoms with Gasteiger partial charge in [0.2, 0.25) is 0 Å². The van der Waals surface area contributed by atoms with Crippen molar-refractivity contribution in [3.63, 3.8) is 0 Å². The summed E-state index contributed by atoms with van der Waals surface area (Å²) >= 11 is 0. The molecule has 6 rings (SSSR count). The molecule has 0 aliphatic heterocycles. The Balaban J connectivity index is 1.49. The lowest BCUT2D eigenvalue weighted by atomic mass is 9.48. The Morgan fingerprint density at radius 1 is 0.967 bits per heavy atom. The number of carboxylic acids is 1. The zero-order valence-corrected chi connectivity index (χ0v) is 17.9. The quantitative estimate of drug-likeness (QED) is 0.587. The molecule has 0 spiro atoms. The fourth-order valence-electron chi connectivity index (χ4n) is 6.86. The molecular weight excluding hydrogens is 372 g/mol. The first-order chi connectivity index (χ1) is 14.5. The lowest BCUT2D eigenvalue weighted by Crippen LogP contribution is -2.48. The second kappa shape index (κ2) is 7.30. The maximum absolute atomic E-state index is 11.1. The van der Waals surface area contributed by atoms with Crippen molar-refractivity contribution in [2.24, 2.45) is 17.8 Å². The zero-order valence-electron chi connectivity index (χ0n) is 17.9. The topological polar surface area (TPSA) is 46.5 Å². The Bertz CT molecular complexity index is 964. The van der Waals surface area contributed by atoms with Gasteiger partial charge >= 0.3 is 5.97 Å². The van der Waals surface area contributed by atoms with Gasteiger partial charge in [-0.15, -0.1) is 0 Å². The lowest BCUT2D eigenvalue weighted by Gasteiger charge is -2.57. The summed E-state index contributed by atoms with van der Waals surface area (Å²) in [6.07, 6.45) is 10.4. The highest BCUT2D eigenvalue weighted by Crippen LogP contribution is 2.62. The van der Waals surface area contributed by atoms with Gasteiger partial charge in [0, 0.05) is 5.56 Å². The summed E-state index contributed by atoms with van der Waals surface area (Å²) in [5.74, 6) is 2.84. The van der Waals surface area contributed by atoms with Gasteiger partial charge in [-0.25, -0.2) is 4.79 Å². The molecule has 4 bridgehead atoms. The highest BCUT2D eigenvalue weighted by Gasteiger charge is 2.52. The summed E-state index contributed by atoms with van der Waals surface area (Å²) in [5, 5.41) is 9.10. The summed E-state index contributed by atoms with van der Waals surface area (Å²) in [6.45, 7) is 2.14. The Hall–Kier alpha value is -2.55. The SMILES string of the molecule is COc1ccc(/C(C)=C/c2ccc(C(=O)O)cc2)cc1C12CC3CC(CC(C3)C1)C2. The van der Waals surface area contributed by atoms with Gasteiger partial charge in [0.1, 0.15) is 5.75 Å². The van der Waals surface area contributed by atoms with Crippen molar-refractivity contribution in [3.8, 4) is 5.75 Å². The predicted octanol–water partition coefficient (Wildman–Crippen LogP) is 6.42. The van der Waals surface area contributed by atoms with Crippen molar-refractivity contribution >= 4 is 17.6 Å². The van der Waals surface area contributed by atoms with Crippen molar-refractivity contribution in [3.05, 3.63) is 64.7 Å². The number of allylic oxidation sites excluding steroid dienone is 1. The summed E-state index contributed by atoms with van der Waals surface area (Å²) in [7, 11) is 1.80.